The van der Waals surface area contributed by atoms with Gasteiger partial charge in [-0.25, -0.2) is 9.59 Å². The highest BCUT2D eigenvalue weighted by molar-refractivity contribution is 5.75. The standard InChI is InChI=1S/C20H36N6O3/c1-14(2)22-18(27)25-12-10-24(11-13-25)17-15(3)23-26(16(17)4)9-8-21-19(28)29-20(5,6)7/h14H,8-13H2,1-7H3,(H,21,28)(H,22,27). The first-order valence-electron chi connectivity index (χ1n) is 10.3. The molecule has 164 valence electrons. The van der Waals surface area contributed by atoms with E-state index in [1.807, 2.05) is 58.0 Å². The lowest BCUT2D eigenvalue weighted by Gasteiger charge is -2.36. The number of nitrogens with zero attached hydrogens (tertiary/aromatic N) is 4. The summed E-state index contributed by atoms with van der Waals surface area (Å²) in [5.74, 6) is 0. The van der Waals surface area contributed by atoms with Gasteiger partial charge in [0.2, 0.25) is 0 Å². The van der Waals surface area contributed by atoms with E-state index in [9.17, 15) is 9.59 Å². The fraction of sp³-hybridized carbons (Fsp3) is 0.750. The molecule has 29 heavy (non-hydrogen) atoms. The van der Waals surface area contributed by atoms with Crippen molar-refractivity contribution in [2.24, 2.45) is 0 Å². The Labute approximate surface area is 173 Å². The van der Waals surface area contributed by atoms with E-state index < -0.39 is 11.7 Å². The van der Waals surface area contributed by atoms with Crippen molar-refractivity contribution in [1.82, 2.24) is 25.3 Å². The number of carbonyl (C=O) groups excluding carboxylic acids is 2. The molecule has 1 aromatic rings. The summed E-state index contributed by atoms with van der Waals surface area (Å²) >= 11 is 0. The predicted octanol–water partition coefficient (Wildman–Crippen LogP) is 2.26. The molecule has 1 aliphatic rings. The van der Waals surface area contributed by atoms with Gasteiger partial charge in [0.15, 0.2) is 0 Å². The molecule has 0 spiro atoms. The minimum atomic E-state index is -0.510. The number of carbonyl (C=O) groups is 2. The molecule has 2 N–H and O–H groups in total. The number of ether oxygens (including phenoxy) is 1. The first-order valence-corrected chi connectivity index (χ1v) is 10.3. The summed E-state index contributed by atoms with van der Waals surface area (Å²) in [6.07, 6.45) is -0.421. The molecular formula is C20H36N6O3. The van der Waals surface area contributed by atoms with E-state index in [1.54, 1.807) is 0 Å². The Balaban J connectivity index is 1.91. The Bertz CT molecular complexity index is 715. The predicted molar refractivity (Wildman–Crippen MR) is 113 cm³/mol. The number of hydrogen-bond donors (Lipinski definition) is 2. The van der Waals surface area contributed by atoms with Crippen molar-refractivity contribution >= 4 is 17.8 Å². The first kappa shape index (κ1) is 22.8. The maximum absolute atomic E-state index is 12.2. The summed E-state index contributed by atoms with van der Waals surface area (Å²) in [5, 5.41) is 10.4. The molecule has 0 unspecified atom stereocenters. The lowest BCUT2D eigenvalue weighted by molar-refractivity contribution is 0.0525. The minimum Gasteiger partial charge on any atom is -0.444 e. The Morgan fingerprint density at radius 2 is 1.76 bits per heavy atom. The molecular weight excluding hydrogens is 372 g/mol. The Morgan fingerprint density at radius 1 is 1.14 bits per heavy atom. The molecule has 2 rings (SSSR count). The Morgan fingerprint density at radius 3 is 2.31 bits per heavy atom. The van der Waals surface area contributed by atoms with E-state index in [0.717, 1.165) is 30.2 Å². The SMILES string of the molecule is Cc1nn(CCNC(=O)OC(C)(C)C)c(C)c1N1CCN(C(=O)NC(C)C)CC1. The van der Waals surface area contributed by atoms with E-state index in [0.29, 0.717) is 26.2 Å². The van der Waals surface area contributed by atoms with Crippen LogP contribution < -0.4 is 15.5 Å². The van der Waals surface area contributed by atoms with Gasteiger partial charge in [0, 0.05) is 38.8 Å². The number of aryl methyl sites for hydroxylation is 1. The molecule has 1 fully saturated rings. The number of anilines is 1. The number of piperazine rings is 1. The van der Waals surface area contributed by atoms with Crippen LogP contribution in [0.3, 0.4) is 0 Å². The van der Waals surface area contributed by atoms with Crippen molar-refractivity contribution in [1.29, 1.82) is 0 Å². The number of urea groups is 1. The quantitative estimate of drug-likeness (QED) is 0.780. The van der Waals surface area contributed by atoms with Gasteiger partial charge in [-0.05, 0) is 48.5 Å². The second-order valence-corrected chi connectivity index (χ2v) is 8.75. The highest BCUT2D eigenvalue weighted by Crippen LogP contribution is 2.25. The van der Waals surface area contributed by atoms with Gasteiger partial charge < -0.3 is 25.2 Å². The van der Waals surface area contributed by atoms with E-state index >= 15 is 0 Å². The van der Waals surface area contributed by atoms with Crippen LogP contribution in [0.1, 0.15) is 46.0 Å². The Kier molecular flexibility index (Phi) is 7.37. The average Bonchev–Trinajstić information content (AvgIpc) is 2.86. The van der Waals surface area contributed by atoms with Crippen LogP contribution >= 0.6 is 0 Å². The van der Waals surface area contributed by atoms with Crippen LogP contribution in [0.25, 0.3) is 0 Å². The summed E-state index contributed by atoms with van der Waals surface area (Å²) in [7, 11) is 0. The summed E-state index contributed by atoms with van der Waals surface area (Å²) in [6, 6.07) is 0.134. The molecule has 0 bridgehead atoms. The summed E-state index contributed by atoms with van der Waals surface area (Å²) < 4.78 is 7.17. The lowest BCUT2D eigenvalue weighted by atomic mass is 10.2. The minimum absolute atomic E-state index is 0.00277. The number of nitrogens with one attached hydrogen (secondary N) is 2. The summed E-state index contributed by atoms with van der Waals surface area (Å²) in [5.41, 5.74) is 2.63. The van der Waals surface area contributed by atoms with Gasteiger partial charge in [0.1, 0.15) is 5.60 Å². The van der Waals surface area contributed by atoms with Crippen LogP contribution in [0, 0.1) is 13.8 Å². The molecule has 3 amide bonds. The zero-order valence-electron chi connectivity index (χ0n) is 18.8. The fourth-order valence-corrected chi connectivity index (χ4v) is 3.41. The number of alkyl carbamates (subject to hydrolysis) is 1. The normalized spacial score (nSPS) is 14.9. The third-order valence-corrected chi connectivity index (χ3v) is 4.63. The molecule has 9 heteroatoms. The van der Waals surface area contributed by atoms with Crippen LogP contribution in [0.5, 0.6) is 0 Å². The van der Waals surface area contributed by atoms with Crippen molar-refractivity contribution in [3.63, 3.8) is 0 Å². The zero-order valence-corrected chi connectivity index (χ0v) is 18.8. The molecule has 0 aliphatic carbocycles. The highest BCUT2D eigenvalue weighted by atomic mass is 16.6. The van der Waals surface area contributed by atoms with Gasteiger partial charge in [-0.15, -0.1) is 0 Å². The highest BCUT2D eigenvalue weighted by Gasteiger charge is 2.25. The van der Waals surface area contributed by atoms with Gasteiger partial charge in [0.05, 0.1) is 23.6 Å². The van der Waals surface area contributed by atoms with Crippen LogP contribution in [0.2, 0.25) is 0 Å². The monoisotopic (exact) mass is 408 g/mol. The van der Waals surface area contributed by atoms with Crippen molar-refractivity contribution in [3.8, 4) is 0 Å². The number of rotatable bonds is 5. The molecule has 0 radical (unpaired) electrons. The maximum atomic E-state index is 12.2. The number of hydrogen-bond acceptors (Lipinski definition) is 5. The lowest BCUT2D eigenvalue weighted by Crippen LogP contribution is -2.53. The van der Waals surface area contributed by atoms with Crippen molar-refractivity contribution in [3.05, 3.63) is 11.4 Å². The van der Waals surface area contributed by atoms with Crippen molar-refractivity contribution in [2.75, 3.05) is 37.6 Å². The smallest absolute Gasteiger partial charge is 0.407 e. The molecule has 1 aromatic heterocycles. The molecule has 0 aromatic carbocycles. The molecule has 9 nitrogen and oxygen atoms in total. The van der Waals surface area contributed by atoms with E-state index in [-0.39, 0.29) is 12.1 Å². The zero-order chi connectivity index (χ0) is 21.8. The van der Waals surface area contributed by atoms with E-state index in [1.165, 1.54) is 0 Å². The second-order valence-electron chi connectivity index (χ2n) is 8.75. The molecule has 1 aliphatic heterocycles. The third kappa shape index (κ3) is 6.54. The largest absolute Gasteiger partial charge is 0.444 e. The van der Waals surface area contributed by atoms with Crippen molar-refractivity contribution < 1.29 is 14.3 Å². The number of amides is 3. The maximum Gasteiger partial charge on any atom is 0.407 e. The van der Waals surface area contributed by atoms with Crippen LogP contribution in [-0.2, 0) is 11.3 Å². The van der Waals surface area contributed by atoms with E-state index in [2.05, 4.69) is 20.6 Å². The van der Waals surface area contributed by atoms with Crippen LogP contribution in [0.15, 0.2) is 0 Å². The average molecular weight is 409 g/mol. The second kappa shape index (κ2) is 9.37. The van der Waals surface area contributed by atoms with Gasteiger partial charge in [0.25, 0.3) is 0 Å². The molecule has 0 saturated carbocycles. The topological polar surface area (TPSA) is 91.7 Å². The fourth-order valence-electron chi connectivity index (χ4n) is 3.41. The Hall–Kier alpha value is -2.45. The van der Waals surface area contributed by atoms with Gasteiger partial charge in [-0.3, -0.25) is 4.68 Å². The van der Waals surface area contributed by atoms with Gasteiger partial charge in [-0.2, -0.15) is 5.10 Å². The first-order chi connectivity index (χ1) is 13.5. The van der Waals surface area contributed by atoms with Gasteiger partial charge in [-0.1, -0.05) is 0 Å². The summed E-state index contributed by atoms with van der Waals surface area (Å²) in [4.78, 5) is 28.1. The third-order valence-electron chi connectivity index (χ3n) is 4.63. The number of aromatic nitrogens is 2. The van der Waals surface area contributed by atoms with E-state index in [4.69, 9.17) is 4.74 Å². The molecule has 2 heterocycles. The molecule has 1 saturated heterocycles. The summed E-state index contributed by atoms with van der Waals surface area (Å²) in [6.45, 7) is 17.4. The molecule has 0 atom stereocenters. The van der Waals surface area contributed by atoms with Crippen LogP contribution in [-0.4, -0.2) is 71.2 Å². The van der Waals surface area contributed by atoms with Crippen molar-refractivity contribution in [2.45, 2.75) is 66.7 Å². The van der Waals surface area contributed by atoms with Crippen LogP contribution in [0.4, 0.5) is 15.3 Å². The van der Waals surface area contributed by atoms with Gasteiger partial charge >= 0.3 is 12.1 Å².